The van der Waals surface area contributed by atoms with Crippen LogP contribution >= 0.6 is 0 Å². The van der Waals surface area contributed by atoms with Crippen molar-refractivity contribution < 1.29 is 14.1 Å². The zero-order valence-electron chi connectivity index (χ0n) is 15.1. The molecule has 3 heterocycles. The van der Waals surface area contributed by atoms with Gasteiger partial charge in [-0.1, -0.05) is 0 Å². The van der Waals surface area contributed by atoms with Crippen molar-refractivity contribution in [3.05, 3.63) is 52.7 Å². The molecule has 4 rings (SSSR count). The average molecular weight is 384 g/mol. The van der Waals surface area contributed by atoms with Crippen LogP contribution in [0.5, 0.6) is 11.6 Å². The Labute approximate surface area is 159 Å². The van der Waals surface area contributed by atoms with E-state index in [1.54, 1.807) is 12.1 Å². The number of pyridine rings is 1. The van der Waals surface area contributed by atoms with Crippen molar-refractivity contribution in [3.8, 4) is 11.6 Å². The van der Waals surface area contributed by atoms with E-state index in [0.717, 1.165) is 13.1 Å². The predicted octanol–water partition coefficient (Wildman–Crippen LogP) is 2.62. The summed E-state index contributed by atoms with van der Waals surface area (Å²) >= 11 is 0. The van der Waals surface area contributed by atoms with Crippen molar-refractivity contribution in [2.45, 2.75) is 0 Å². The van der Waals surface area contributed by atoms with Gasteiger partial charge in [0.2, 0.25) is 5.82 Å². The Morgan fingerprint density at radius 2 is 1.93 bits per heavy atom. The highest BCUT2D eigenvalue weighted by atomic mass is 19.1. The second kappa shape index (κ2) is 7.31. The molecule has 0 atom stereocenters. The summed E-state index contributed by atoms with van der Waals surface area (Å²) in [5.41, 5.74) is -0.0583. The number of ether oxygens (including phenoxy) is 1. The van der Waals surface area contributed by atoms with Gasteiger partial charge >= 0.3 is 11.6 Å². The summed E-state index contributed by atoms with van der Waals surface area (Å²) in [7, 11) is 1.99. The smallest absolute Gasteiger partial charge is 0.373 e. The van der Waals surface area contributed by atoms with Crippen molar-refractivity contribution in [3.63, 3.8) is 0 Å². The minimum atomic E-state index is -0.553. The van der Waals surface area contributed by atoms with E-state index in [2.05, 4.69) is 19.9 Å². The van der Waals surface area contributed by atoms with Crippen LogP contribution < -0.4 is 9.64 Å². The Morgan fingerprint density at radius 1 is 1.14 bits per heavy atom. The summed E-state index contributed by atoms with van der Waals surface area (Å²) in [5.74, 6) is -0.260. The molecule has 3 aromatic rings. The quantitative estimate of drug-likeness (QED) is 0.500. The topological polar surface area (TPSA) is 97.5 Å². The van der Waals surface area contributed by atoms with E-state index in [0.29, 0.717) is 13.1 Å². The third kappa shape index (κ3) is 3.29. The molecule has 28 heavy (non-hydrogen) atoms. The van der Waals surface area contributed by atoms with Crippen molar-refractivity contribution in [2.75, 3.05) is 38.1 Å². The molecule has 0 spiro atoms. The molecule has 0 radical (unpaired) electrons. The Bertz CT molecular complexity index is 1040. The van der Waals surface area contributed by atoms with Gasteiger partial charge in [-0.25, -0.2) is 9.37 Å². The Balaban J connectivity index is 1.76. The number of fused-ring (bicyclic) bond motifs is 1. The van der Waals surface area contributed by atoms with Crippen molar-refractivity contribution in [1.29, 1.82) is 0 Å². The van der Waals surface area contributed by atoms with Gasteiger partial charge in [0.05, 0.1) is 4.92 Å². The van der Waals surface area contributed by atoms with Crippen LogP contribution in [0.25, 0.3) is 10.9 Å². The lowest BCUT2D eigenvalue weighted by Gasteiger charge is -2.32. The average Bonchev–Trinajstić information content (AvgIpc) is 2.70. The van der Waals surface area contributed by atoms with Crippen molar-refractivity contribution >= 4 is 22.4 Å². The number of rotatable bonds is 4. The number of anilines is 1. The van der Waals surface area contributed by atoms with Crippen LogP contribution in [-0.2, 0) is 0 Å². The van der Waals surface area contributed by atoms with Gasteiger partial charge in [0.25, 0.3) is 0 Å². The number of nitrogens with zero attached hydrogens (tertiary/aromatic N) is 6. The second-order valence-electron chi connectivity index (χ2n) is 6.45. The highest BCUT2D eigenvalue weighted by molar-refractivity contribution is 5.85. The molecule has 10 heteroatoms. The molecule has 0 unspecified atom stereocenters. The maximum absolute atomic E-state index is 14.0. The molecule has 2 aromatic heterocycles. The van der Waals surface area contributed by atoms with Gasteiger partial charge in [-0.15, -0.1) is 0 Å². The van der Waals surface area contributed by atoms with Crippen molar-refractivity contribution in [1.82, 2.24) is 19.9 Å². The molecule has 0 saturated carbocycles. The normalized spacial score (nSPS) is 15.0. The molecular weight excluding hydrogens is 367 g/mol. The molecule has 0 N–H and O–H groups in total. The van der Waals surface area contributed by atoms with E-state index in [-0.39, 0.29) is 34.0 Å². The lowest BCUT2D eigenvalue weighted by Crippen LogP contribution is -2.45. The first kappa shape index (κ1) is 18.0. The monoisotopic (exact) mass is 384 g/mol. The van der Waals surface area contributed by atoms with Crippen molar-refractivity contribution in [2.24, 2.45) is 0 Å². The fourth-order valence-electron chi connectivity index (χ4n) is 3.14. The molecule has 1 saturated heterocycles. The third-order valence-corrected chi connectivity index (χ3v) is 4.64. The molecule has 0 aliphatic carbocycles. The number of halogens is 1. The van der Waals surface area contributed by atoms with E-state index in [9.17, 15) is 14.5 Å². The van der Waals surface area contributed by atoms with E-state index in [4.69, 9.17) is 4.74 Å². The number of benzene rings is 1. The number of piperazine rings is 1. The van der Waals surface area contributed by atoms with E-state index in [1.807, 2.05) is 11.9 Å². The second-order valence-corrected chi connectivity index (χ2v) is 6.45. The Morgan fingerprint density at radius 3 is 2.68 bits per heavy atom. The minimum absolute atomic E-state index is 0.183. The lowest BCUT2D eigenvalue weighted by atomic mass is 10.2. The van der Waals surface area contributed by atoms with Gasteiger partial charge in [0.15, 0.2) is 5.75 Å². The highest BCUT2D eigenvalue weighted by Gasteiger charge is 2.30. The van der Waals surface area contributed by atoms with Crippen LogP contribution in [0.1, 0.15) is 0 Å². The van der Waals surface area contributed by atoms with Crippen LogP contribution in [0.2, 0.25) is 0 Å². The highest BCUT2D eigenvalue weighted by Crippen LogP contribution is 2.38. The zero-order valence-corrected chi connectivity index (χ0v) is 15.1. The van der Waals surface area contributed by atoms with Crippen LogP contribution in [0.3, 0.4) is 0 Å². The standard InChI is InChI=1S/C18H17FN6O3/c1-23-7-9-24(10-8-23)17-16(25(26)27)18(22-11-21-17)28-14-5-4-13(19)12-3-2-6-20-15(12)14/h2-6,11H,7-10H2,1H3. The van der Waals surface area contributed by atoms with Gasteiger partial charge in [0.1, 0.15) is 17.7 Å². The fourth-order valence-corrected chi connectivity index (χ4v) is 3.14. The lowest BCUT2D eigenvalue weighted by molar-refractivity contribution is -0.385. The van der Waals surface area contributed by atoms with Crippen LogP contribution in [-0.4, -0.2) is 58.0 Å². The summed E-state index contributed by atoms with van der Waals surface area (Å²) in [6.45, 7) is 2.75. The summed E-state index contributed by atoms with van der Waals surface area (Å²) in [6.07, 6.45) is 2.73. The predicted molar refractivity (Wildman–Crippen MR) is 100 cm³/mol. The van der Waals surface area contributed by atoms with Gasteiger partial charge in [-0.3, -0.25) is 15.1 Å². The molecule has 1 aromatic carbocycles. The molecule has 1 aliphatic rings. The zero-order chi connectivity index (χ0) is 19.7. The SMILES string of the molecule is CN1CCN(c2ncnc(Oc3ccc(F)c4cccnc34)c2[N+](=O)[O-])CC1. The van der Waals surface area contributed by atoms with E-state index >= 15 is 0 Å². The molecule has 0 amide bonds. The molecule has 9 nitrogen and oxygen atoms in total. The Kier molecular flexibility index (Phi) is 4.70. The van der Waals surface area contributed by atoms with E-state index in [1.165, 1.54) is 24.7 Å². The van der Waals surface area contributed by atoms with Gasteiger partial charge in [0, 0.05) is 37.8 Å². The molecular formula is C18H17FN6O3. The maximum Gasteiger partial charge on any atom is 0.373 e. The maximum atomic E-state index is 14.0. The number of aromatic nitrogens is 3. The summed E-state index contributed by atoms with van der Waals surface area (Å²) in [4.78, 5) is 27.4. The summed E-state index contributed by atoms with van der Waals surface area (Å²) < 4.78 is 19.7. The van der Waals surface area contributed by atoms with Crippen LogP contribution in [0, 0.1) is 15.9 Å². The third-order valence-electron chi connectivity index (χ3n) is 4.64. The number of likely N-dealkylation sites (N-methyl/N-ethyl adjacent to an activating group) is 1. The van der Waals surface area contributed by atoms with Crippen LogP contribution in [0.4, 0.5) is 15.9 Å². The first-order valence-electron chi connectivity index (χ1n) is 8.68. The van der Waals surface area contributed by atoms with E-state index < -0.39 is 10.7 Å². The van der Waals surface area contributed by atoms with Gasteiger partial charge < -0.3 is 14.5 Å². The van der Waals surface area contributed by atoms with Gasteiger partial charge in [-0.2, -0.15) is 4.98 Å². The largest absolute Gasteiger partial charge is 0.431 e. The Hall–Kier alpha value is -3.40. The number of hydrogen-bond acceptors (Lipinski definition) is 8. The summed E-state index contributed by atoms with van der Waals surface area (Å²) in [6, 6.07) is 5.78. The number of hydrogen-bond donors (Lipinski definition) is 0. The molecule has 144 valence electrons. The molecule has 1 aliphatic heterocycles. The van der Waals surface area contributed by atoms with Gasteiger partial charge in [-0.05, 0) is 31.3 Å². The fraction of sp³-hybridized carbons (Fsp3) is 0.278. The first-order valence-corrected chi connectivity index (χ1v) is 8.68. The first-order chi connectivity index (χ1) is 13.5. The minimum Gasteiger partial charge on any atom is -0.431 e. The molecule has 1 fully saturated rings. The summed E-state index contributed by atoms with van der Waals surface area (Å²) in [5, 5.41) is 12.1. The van der Waals surface area contributed by atoms with Crippen LogP contribution in [0.15, 0.2) is 36.8 Å². The number of nitro groups is 1. The molecule has 0 bridgehead atoms.